The summed E-state index contributed by atoms with van der Waals surface area (Å²) in [6.45, 7) is -0.196. The van der Waals surface area contributed by atoms with E-state index in [2.05, 4.69) is 0 Å². The van der Waals surface area contributed by atoms with Gasteiger partial charge in [0.25, 0.3) is 11.8 Å². The van der Waals surface area contributed by atoms with E-state index in [1.807, 2.05) is 6.07 Å². The molecular formula is C20H20N2O4S2. The number of carbonyl (C=O) groups excluding carboxylic acids is 3. The minimum atomic E-state index is -0.515. The molecule has 1 aromatic rings. The number of esters is 1. The molecule has 1 saturated carbocycles. The molecule has 0 aromatic heterocycles. The molecule has 0 radical (unpaired) electrons. The zero-order valence-corrected chi connectivity index (χ0v) is 17.1. The van der Waals surface area contributed by atoms with Crippen LogP contribution in [0.15, 0.2) is 29.2 Å². The van der Waals surface area contributed by atoms with Crippen molar-refractivity contribution in [2.75, 3.05) is 18.6 Å². The average Bonchev–Trinajstić information content (AvgIpc) is 3.15. The molecule has 0 unspecified atom stereocenters. The number of thioether (sulfide) groups is 1. The van der Waals surface area contributed by atoms with Gasteiger partial charge in [0, 0.05) is 11.6 Å². The summed E-state index contributed by atoms with van der Waals surface area (Å²) in [5.74, 6) is -1.07. The van der Waals surface area contributed by atoms with Gasteiger partial charge in [0.1, 0.15) is 10.9 Å². The van der Waals surface area contributed by atoms with E-state index in [1.165, 1.54) is 30.2 Å². The van der Waals surface area contributed by atoms with Crippen molar-refractivity contribution >= 4 is 57.3 Å². The molecule has 2 amide bonds. The van der Waals surface area contributed by atoms with Crippen molar-refractivity contribution < 1.29 is 19.1 Å². The van der Waals surface area contributed by atoms with Crippen molar-refractivity contribution in [3.05, 3.63) is 34.7 Å². The summed E-state index contributed by atoms with van der Waals surface area (Å²) in [7, 11) is 1.28. The third-order valence-corrected chi connectivity index (χ3v) is 6.80. The van der Waals surface area contributed by atoms with E-state index >= 15 is 0 Å². The minimum Gasteiger partial charge on any atom is -0.468 e. The van der Waals surface area contributed by atoms with Crippen LogP contribution in [0.2, 0.25) is 0 Å². The lowest BCUT2D eigenvalue weighted by Crippen LogP contribution is -2.40. The maximum atomic E-state index is 13.2. The Morgan fingerprint density at radius 2 is 1.89 bits per heavy atom. The van der Waals surface area contributed by atoms with Crippen LogP contribution < -0.4 is 4.90 Å². The van der Waals surface area contributed by atoms with Gasteiger partial charge in [0.2, 0.25) is 0 Å². The molecule has 1 saturated heterocycles. The fourth-order valence-electron chi connectivity index (χ4n) is 4.03. The Bertz CT molecular complexity index is 905. The summed E-state index contributed by atoms with van der Waals surface area (Å²) >= 11 is 6.69. The zero-order valence-electron chi connectivity index (χ0n) is 15.5. The first-order valence-electron chi connectivity index (χ1n) is 9.30. The summed E-state index contributed by atoms with van der Waals surface area (Å²) < 4.78 is 5.23. The van der Waals surface area contributed by atoms with Crippen molar-refractivity contribution in [2.24, 2.45) is 0 Å². The minimum absolute atomic E-state index is 0.109. The van der Waals surface area contributed by atoms with Gasteiger partial charge in [-0.05, 0) is 18.9 Å². The van der Waals surface area contributed by atoms with Crippen molar-refractivity contribution in [3.63, 3.8) is 0 Å². The zero-order chi connectivity index (χ0) is 19.8. The van der Waals surface area contributed by atoms with Crippen molar-refractivity contribution in [2.45, 2.75) is 38.1 Å². The number of fused-ring (bicyclic) bond motifs is 1. The highest BCUT2D eigenvalue weighted by atomic mass is 32.2. The van der Waals surface area contributed by atoms with Crippen LogP contribution in [0.1, 0.15) is 37.7 Å². The van der Waals surface area contributed by atoms with Gasteiger partial charge in [-0.2, -0.15) is 0 Å². The number of amides is 2. The van der Waals surface area contributed by atoms with Crippen molar-refractivity contribution in [3.8, 4) is 0 Å². The number of thiocarbonyl (C=S) groups is 1. The molecule has 2 heterocycles. The number of para-hydroxylation sites is 1. The van der Waals surface area contributed by atoms with E-state index in [4.69, 9.17) is 17.0 Å². The number of methoxy groups -OCH3 is 1. The molecule has 6 nitrogen and oxygen atoms in total. The maximum Gasteiger partial charge on any atom is 0.325 e. The Morgan fingerprint density at radius 3 is 2.61 bits per heavy atom. The Morgan fingerprint density at radius 1 is 1.18 bits per heavy atom. The highest BCUT2D eigenvalue weighted by Gasteiger charge is 2.44. The van der Waals surface area contributed by atoms with Crippen LogP contribution in [0.3, 0.4) is 0 Å². The summed E-state index contributed by atoms with van der Waals surface area (Å²) in [5.41, 5.74) is 1.59. The molecule has 8 heteroatoms. The number of rotatable bonds is 3. The van der Waals surface area contributed by atoms with E-state index in [1.54, 1.807) is 23.1 Å². The van der Waals surface area contributed by atoms with Crippen LogP contribution in [0, 0.1) is 0 Å². The van der Waals surface area contributed by atoms with Gasteiger partial charge in [0.15, 0.2) is 0 Å². The number of benzene rings is 1. The van der Waals surface area contributed by atoms with Gasteiger partial charge in [0.05, 0.1) is 23.3 Å². The molecule has 2 fully saturated rings. The molecular weight excluding hydrogens is 396 g/mol. The predicted octanol–water partition coefficient (Wildman–Crippen LogP) is 3.11. The summed E-state index contributed by atoms with van der Waals surface area (Å²) in [6, 6.07) is 7.29. The summed E-state index contributed by atoms with van der Waals surface area (Å²) in [5, 5.41) is 0. The van der Waals surface area contributed by atoms with Crippen LogP contribution in [0.4, 0.5) is 5.69 Å². The molecule has 1 aliphatic carbocycles. The first-order chi connectivity index (χ1) is 13.5. The van der Waals surface area contributed by atoms with Crippen LogP contribution in [-0.2, 0) is 19.1 Å². The van der Waals surface area contributed by atoms with Crippen LogP contribution >= 0.6 is 24.0 Å². The van der Waals surface area contributed by atoms with E-state index in [-0.39, 0.29) is 24.4 Å². The lowest BCUT2D eigenvalue weighted by Gasteiger charge is -2.29. The van der Waals surface area contributed by atoms with E-state index < -0.39 is 5.97 Å². The molecule has 0 bridgehead atoms. The van der Waals surface area contributed by atoms with Crippen molar-refractivity contribution in [1.82, 2.24) is 4.90 Å². The standard InChI is InChI=1S/C20H20N2O4S2/c1-26-15(23)11-21-14-10-6-5-9-13(14)16(18(21)24)17-19(25)22(20(27)28-17)12-7-3-2-4-8-12/h5-6,9-10,12H,2-4,7-8,11H2,1H3. The second kappa shape index (κ2) is 7.67. The molecule has 4 rings (SSSR count). The fourth-order valence-corrected chi connectivity index (χ4v) is 5.51. The Balaban J connectivity index is 1.74. The maximum absolute atomic E-state index is 13.2. The van der Waals surface area contributed by atoms with Gasteiger partial charge in [-0.25, -0.2) is 0 Å². The third-order valence-electron chi connectivity index (χ3n) is 5.40. The second-order valence-electron chi connectivity index (χ2n) is 7.02. The first-order valence-corrected chi connectivity index (χ1v) is 10.5. The number of nitrogens with zero attached hydrogens (tertiary/aromatic N) is 2. The largest absolute Gasteiger partial charge is 0.468 e. The third kappa shape index (κ3) is 3.14. The van der Waals surface area contributed by atoms with E-state index in [9.17, 15) is 14.4 Å². The van der Waals surface area contributed by atoms with Crippen LogP contribution in [0.5, 0.6) is 0 Å². The van der Waals surface area contributed by atoms with Gasteiger partial charge >= 0.3 is 5.97 Å². The number of hydrogen-bond donors (Lipinski definition) is 0. The number of carbonyl (C=O) groups is 3. The van der Waals surface area contributed by atoms with Crippen molar-refractivity contribution in [1.29, 1.82) is 0 Å². The van der Waals surface area contributed by atoms with E-state index in [0.717, 1.165) is 25.7 Å². The smallest absolute Gasteiger partial charge is 0.325 e. The van der Waals surface area contributed by atoms with Crippen LogP contribution in [-0.4, -0.2) is 46.7 Å². The summed E-state index contributed by atoms with van der Waals surface area (Å²) in [6.07, 6.45) is 5.23. The SMILES string of the molecule is COC(=O)CN1C(=O)C(=C2SC(=S)N(C3CCCCC3)C2=O)c2ccccc21. The predicted molar refractivity (Wildman–Crippen MR) is 112 cm³/mol. The molecule has 1 aromatic carbocycles. The molecule has 28 heavy (non-hydrogen) atoms. The number of anilines is 1. The highest BCUT2D eigenvalue weighted by Crippen LogP contribution is 2.45. The monoisotopic (exact) mass is 416 g/mol. The highest BCUT2D eigenvalue weighted by molar-refractivity contribution is 8.26. The molecule has 3 aliphatic rings. The number of hydrogen-bond acceptors (Lipinski definition) is 6. The lowest BCUT2D eigenvalue weighted by molar-refractivity contribution is -0.139. The lowest BCUT2D eigenvalue weighted by atomic mass is 9.94. The first kappa shape index (κ1) is 19.1. The Hall–Kier alpha value is -2.19. The topological polar surface area (TPSA) is 66.9 Å². The van der Waals surface area contributed by atoms with Gasteiger partial charge in [-0.15, -0.1) is 0 Å². The van der Waals surface area contributed by atoms with E-state index in [0.29, 0.717) is 26.0 Å². The second-order valence-corrected chi connectivity index (χ2v) is 8.67. The molecule has 2 aliphatic heterocycles. The summed E-state index contributed by atoms with van der Waals surface area (Å²) in [4.78, 5) is 41.6. The van der Waals surface area contributed by atoms with Gasteiger partial charge in [-0.1, -0.05) is 61.4 Å². The van der Waals surface area contributed by atoms with Gasteiger partial charge in [-0.3, -0.25) is 24.2 Å². The molecule has 0 N–H and O–H groups in total. The quantitative estimate of drug-likeness (QED) is 0.429. The fraction of sp³-hybridized carbons (Fsp3) is 0.400. The molecule has 0 atom stereocenters. The Labute approximate surface area is 172 Å². The average molecular weight is 417 g/mol. The van der Waals surface area contributed by atoms with Crippen LogP contribution in [0.25, 0.3) is 5.57 Å². The molecule has 146 valence electrons. The number of ether oxygens (including phenoxy) is 1. The van der Waals surface area contributed by atoms with Gasteiger partial charge < -0.3 is 4.74 Å². The normalized spacial score (nSPS) is 22.8. The Kier molecular flexibility index (Phi) is 5.25. The molecule has 0 spiro atoms.